The predicted octanol–water partition coefficient (Wildman–Crippen LogP) is 3.15. The van der Waals surface area contributed by atoms with E-state index in [9.17, 15) is 17.6 Å². The lowest BCUT2D eigenvalue weighted by molar-refractivity contribution is -0.120. The quantitative estimate of drug-likeness (QED) is 0.475. The summed E-state index contributed by atoms with van der Waals surface area (Å²) in [4.78, 5) is 21.6. The molecule has 1 fully saturated rings. The number of sulfone groups is 1. The third-order valence-corrected chi connectivity index (χ3v) is 9.08. The Bertz CT molecular complexity index is 1230. The van der Waals surface area contributed by atoms with Crippen molar-refractivity contribution < 1.29 is 17.6 Å². The Hall–Kier alpha value is -2.56. The molecule has 1 aliphatic heterocycles. The van der Waals surface area contributed by atoms with Gasteiger partial charge in [0.05, 0.1) is 20.9 Å². The number of carbonyl (C=O) groups excluding carboxylic acids is 1. The molecule has 0 saturated carbocycles. The van der Waals surface area contributed by atoms with Crippen LogP contribution in [0, 0.1) is 19.7 Å². The SMILES string of the molecule is Cc1ccc(C)c2sc(N3CCN(CCNC(=O)CCS(=O)(=O)c4ccc(F)cc4)CC3)nc12. The number of anilines is 1. The molecule has 3 aromatic rings. The zero-order valence-electron chi connectivity index (χ0n) is 19.4. The van der Waals surface area contributed by atoms with Gasteiger partial charge in [0, 0.05) is 45.7 Å². The van der Waals surface area contributed by atoms with Crippen LogP contribution in [0.15, 0.2) is 41.3 Å². The highest BCUT2D eigenvalue weighted by atomic mass is 32.2. The summed E-state index contributed by atoms with van der Waals surface area (Å²) in [5.74, 6) is -1.10. The number of rotatable bonds is 8. The second kappa shape index (κ2) is 10.4. The van der Waals surface area contributed by atoms with E-state index in [4.69, 9.17) is 4.98 Å². The number of aryl methyl sites for hydroxylation is 2. The molecule has 0 spiro atoms. The molecule has 1 amide bonds. The molecule has 1 N–H and O–H groups in total. The van der Waals surface area contributed by atoms with E-state index in [1.54, 1.807) is 11.3 Å². The van der Waals surface area contributed by atoms with E-state index >= 15 is 0 Å². The van der Waals surface area contributed by atoms with E-state index in [0.29, 0.717) is 13.1 Å². The summed E-state index contributed by atoms with van der Waals surface area (Å²) in [6.07, 6.45) is -0.121. The largest absolute Gasteiger partial charge is 0.355 e. The molecule has 1 aliphatic rings. The van der Waals surface area contributed by atoms with Crippen LogP contribution in [0.2, 0.25) is 0 Å². The van der Waals surface area contributed by atoms with Gasteiger partial charge in [-0.05, 0) is 49.2 Å². The van der Waals surface area contributed by atoms with E-state index in [1.165, 1.54) is 28.0 Å². The first-order valence-electron chi connectivity index (χ1n) is 11.3. The summed E-state index contributed by atoms with van der Waals surface area (Å²) < 4.78 is 38.8. The molecule has 4 rings (SSSR count). The number of amides is 1. The van der Waals surface area contributed by atoms with Gasteiger partial charge in [-0.15, -0.1) is 0 Å². The van der Waals surface area contributed by atoms with Crippen LogP contribution in [0.1, 0.15) is 17.5 Å². The Balaban J connectivity index is 1.19. The monoisotopic (exact) mass is 504 g/mol. The number of hydrogen-bond donors (Lipinski definition) is 1. The number of halogens is 1. The average Bonchev–Trinajstić information content (AvgIpc) is 3.28. The smallest absolute Gasteiger partial charge is 0.221 e. The van der Waals surface area contributed by atoms with Crippen molar-refractivity contribution >= 4 is 42.4 Å². The van der Waals surface area contributed by atoms with Crippen molar-refractivity contribution in [2.24, 2.45) is 0 Å². The number of benzene rings is 2. The molecule has 2 aromatic carbocycles. The highest BCUT2D eigenvalue weighted by Crippen LogP contribution is 2.33. The number of fused-ring (bicyclic) bond motifs is 1. The number of aromatic nitrogens is 1. The number of hydrogen-bond acceptors (Lipinski definition) is 7. The minimum Gasteiger partial charge on any atom is -0.355 e. The van der Waals surface area contributed by atoms with Crippen LogP contribution in [0.5, 0.6) is 0 Å². The second-order valence-electron chi connectivity index (χ2n) is 8.57. The lowest BCUT2D eigenvalue weighted by atomic mass is 10.1. The highest BCUT2D eigenvalue weighted by molar-refractivity contribution is 7.91. The first-order valence-corrected chi connectivity index (χ1v) is 13.8. The standard InChI is InChI=1S/C24H29FN4O3S2/c1-17-3-4-18(2)23-22(17)27-24(33-23)29-14-12-28(13-15-29)11-10-26-21(30)9-16-34(31,32)20-7-5-19(25)6-8-20/h3-8H,9-16H2,1-2H3,(H,26,30). The van der Waals surface area contributed by atoms with Crippen LogP contribution in [-0.2, 0) is 14.6 Å². The van der Waals surface area contributed by atoms with Gasteiger partial charge in [0.2, 0.25) is 5.91 Å². The van der Waals surface area contributed by atoms with E-state index in [1.807, 2.05) is 0 Å². The van der Waals surface area contributed by atoms with Gasteiger partial charge in [-0.3, -0.25) is 9.69 Å². The topological polar surface area (TPSA) is 82.6 Å². The third kappa shape index (κ3) is 5.73. The molecule has 182 valence electrons. The van der Waals surface area contributed by atoms with Gasteiger partial charge < -0.3 is 10.2 Å². The maximum Gasteiger partial charge on any atom is 0.221 e. The van der Waals surface area contributed by atoms with Crippen molar-refractivity contribution in [1.29, 1.82) is 0 Å². The molecule has 1 saturated heterocycles. The van der Waals surface area contributed by atoms with Gasteiger partial charge in [0.1, 0.15) is 5.82 Å². The summed E-state index contributed by atoms with van der Waals surface area (Å²) in [6.45, 7) is 8.90. The summed E-state index contributed by atoms with van der Waals surface area (Å²) in [5, 5.41) is 3.87. The lowest BCUT2D eigenvalue weighted by Crippen LogP contribution is -2.48. The number of nitrogens with zero attached hydrogens (tertiary/aromatic N) is 3. The van der Waals surface area contributed by atoms with E-state index in [-0.39, 0.29) is 23.0 Å². The Morgan fingerprint density at radius 1 is 1.06 bits per heavy atom. The molecule has 0 bridgehead atoms. The first-order chi connectivity index (χ1) is 16.2. The van der Waals surface area contributed by atoms with E-state index < -0.39 is 15.7 Å². The van der Waals surface area contributed by atoms with Gasteiger partial charge >= 0.3 is 0 Å². The van der Waals surface area contributed by atoms with Gasteiger partial charge in [-0.2, -0.15) is 0 Å². The van der Waals surface area contributed by atoms with E-state index in [2.05, 4.69) is 41.1 Å². The molecule has 34 heavy (non-hydrogen) atoms. The Labute approximate surface area is 203 Å². The molecule has 10 heteroatoms. The van der Waals surface area contributed by atoms with Crippen LogP contribution in [0.3, 0.4) is 0 Å². The van der Waals surface area contributed by atoms with Crippen LogP contribution < -0.4 is 10.2 Å². The molecule has 1 aromatic heterocycles. The Kier molecular flexibility index (Phi) is 7.49. The number of nitrogens with one attached hydrogen (secondary N) is 1. The van der Waals surface area contributed by atoms with Crippen molar-refractivity contribution in [3.05, 3.63) is 53.3 Å². The number of piperazine rings is 1. The fourth-order valence-electron chi connectivity index (χ4n) is 3.97. The lowest BCUT2D eigenvalue weighted by Gasteiger charge is -2.34. The molecule has 0 radical (unpaired) electrons. The van der Waals surface area contributed by atoms with Gasteiger partial charge in [-0.25, -0.2) is 17.8 Å². The van der Waals surface area contributed by atoms with Gasteiger partial charge in [-0.1, -0.05) is 23.5 Å². The minimum atomic E-state index is -3.61. The molecule has 0 atom stereocenters. The van der Waals surface area contributed by atoms with Crippen molar-refractivity contribution in [3.8, 4) is 0 Å². The second-order valence-corrected chi connectivity index (χ2v) is 11.7. The highest BCUT2D eigenvalue weighted by Gasteiger charge is 2.21. The van der Waals surface area contributed by atoms with Crippen LogP contribution in [0.25, 0.3) is 10.2 Å². The zero-order chi connectivity index (χ0) is 24.3. The number of thiazole rings is 1. The number of carbonyl (C=O) groups is 1. The first kappa shape index (κ1) is 24.6. The van der Waals surface area contributed by atoms with Crippen molar-refractivity contribution in [3.63, 3.8) is 0 Å². The molecule has 7 nitrogen and oxygen atoms in total. The molecule has 2 heterocycles. The molecular formula is C24H29FN4O3S2. The van der Waals surface area contributed by atoms with Crippen LogP contribution in [0.4, 0.5) is 9.52 Å². The minimum absolute atomic E-state index is 0.0259. The normalized spacial score (nSPS) is 15.1. The molecule has 0 unspecified atom stereocenters. The van der Waals surface area contributed by atoms with Gasteiger partial charge in [0.15, 0.2) is 15.0 Å². The predicted molar refractivity (Wildman–Crippen MR) is 134 cm³/mol. The third-order valence-electron chi connectivity index (χ3n) is 6.09. The van der Waals surface area contributed by atoms with Crippen molar-refractivity contribution in [2.75, 3.05) is 49.9 Å². The maximum atomic E-state index is 13.0. The fourth-order valence-corrected chi connectivity index (χ4v) is 6.38. The van der Waals surface area contributed by atoms with Crippen molar-refractivity contribution in [2.45, 2.75) is 25.2 Å². The fraction of sp³-hybridized carbons (Fsp3) is 0.417. The van der Waals surface area contributed by atoms with Crippen molar-refractivity contribution in [1.82, 2.24) is 15.2 Å². The molecular weight excluding hydrogens is 475 g/mol. The zero-order valence-corrected chi connectivity index (χ0v) is 21.0. The summed E-state index contributed by atoms with van der Waals surface area (Å²) in [5.41, 5.74) is 3.54. The Morgan fingerprint density at radius 3 is 2.41 bits per heavy atom. The van der Waals surface area contributed by atoms with Crippen LogP contribution >= 0.6 is 11.3 Å². The Morgan fingerprint density at radius 2 is 1.74 bits per heavy atom. The summed E-state index contributed by atoms with van der Waals surface area (Å²) in [7, 11) is -3.61. The summed E-state index contributed by atoms with van der Waals surface area (Å²) >= 11 is 1.75. The summed E-state index contributed by atoms with van der Waals surface area (Å²) in [6, 6.07) is 8.91. The average molecular weight is 505 g/mol. The maximum absolute atomic E-state index is 13.0. The molecule has 0 aliphatic carbocycles. The van der Waals surface area contributed by atoms with E-state index in [0.717, 1.165) is 49.0 Å². The van der Waals surface area contributed by atoms with Gasteiger partial charge in [0.25, 0.3) is 0 Å². The van der Waals surface area contributed by atoms with Crippen LogP contribution in [-0.4, -0.2) is 69.2 Å².